The molecule has 1 N–H and O–H groups in total. The predicted molar refractivity (Wildman–Crippen MR) is 159 cm³/mol. The van der Waals surface area contributed by atoms with Crippen molar-refractivity contribution in [1.29, 1.82) is 0 Å². The van der Waals surface area contributed by atoms with Crippen LogP contribution in [0.4, 0.5) is 0 Å². The topological polar surface area (TPSA) is 99.1 Å². The Bertz CT molecular complexity index is 1310. The molecule has 0 amide bonds. The molecule has 0 saturated carbocycles. The summed E-state index contributed by atoms with van der Waals surface area (Å²) in [5, 5.41) is 9.21. The molecule has 0 heterocycles. The van der Waals surface area contributed by atoms with E-state index in [4.69, 9.17) is 14.2 Å². The largest absolute Gasteiger partial charge is 0.494 e. The summed E-state index contributed by atoms with van der Waals surface area (Å²) in [5.74, 6) is -0.258. The molecule has 0 aromatic heterocycles. The van der Waals surface area contributed by atoms with Gasteiger partial charge >= 0.3 is 17.9 Å². The number of unbranched alkanes of at least 4 members (excludes halogenated alkanes) is 3. The number of rotatable bonds is 16. The lowest BCUT2D eigenvalue weighted by molar-refractivity contribution is -0.137. The zero-order valence-corrected chi connectivity index (χ0v) is 23.8. The minimum absolute atomic E-state index is 0.236. The fourth-order valence-electron chi connectivity index (χ4n) is 4.23. The number of hydrogen-bond acceptors (Lipinski definition) is 6. The average Bonchev–Trinajstić information content (AvgIpc) is 2.98. The Morgan fingerprint density at radius 1 is 0.854 bits per heavy atom. The van der Waals surface area contributed by atoms with Crippen LogP contribution in [0.1, 0.15) is 72.2 Å². The summed E-state index contributed by atoms with van der Waals surface area (Å²) in [6, 6.07) is 19.3. The summed E-state index contributed by atoms with van der Waals surface area (Å²) >= 11 is 0. The number of carbonyl (C=O) groups is 3. The van der Waals surface area contributed by atoms with Gasteiger partial charge in [0.1, 0.15) is 11.5 Å². The smallest absolute Gasteiger partial charge is 0.343 e. The van der Waals surface area contributed by atoms with Gasteiger partial charge in [-0.05, 0) is 103 Å². The summed E-state index contributed by atoms with van der Waals surface area (Å²) in [4.78, 5) is 35.1. The van der Waals surface area contributed by atoms with Gasteiger partial charge in [0, 0.05) is 6.08 Å². The molecule has 3 aromatic carbocycles. The van der Waals surface area contributed by atoms with Crippen molar-refractivity contribution in [3.8, 4) is 22.6 Å². The highest BCUT2D eigenvalue weighted by molar-refractivity contribution is 5.91. The number of aromatic carboxylic acids is 1. The van der Waals surface area contributed by atoms with Crippen LogP contribution in [0.15, 0.2) is 79.4 Å². The van der Waals surface area contributed by atoms with Crippen LogP contribution in [0.2, 0.25) is 0 Å². The Hall–Kier alpha value is -4.39. The van der Waals surface area contributed by atoms with E-state index >= 15 is 0 Å². The van der Waals surface area contributed by atoms with E-state index < -0.39 is 17.9 Å². The minimum Gasteiger partial charge on any atom is -0.494 e. The Labute approximate surface area is 241 Å². The number of ether oxygens (including phenoxy) is 3. The number of carboxylic acid groups (broad SMARTS) is 1. The third kappa shape index (κ3) is 9.94. The normalized spacial score (nSPS) is 11.4. The molecule has 216 valence electrons. The monoisotopic (exact) mass is 558 g/mol. The SMILES string of the molecule is C=CC(=O)OCCCCCCOc1ccc(C(=O)Oc2ccc(-c3ccc(C(=O)O)cc3)c(CC(C)CC)c2)cc1. The molecule has 3 rings (SSSR count). The minimum atomic E-state index is -0.962. The van der Waals surface area contributed by atoms with Gasteiger partial charge in [0.25, 0.3) is 0 Å². The second-order valence-electron chi connectivity index (χ2n) is 9.97. The molecule has 3 aromatic rings. The van der Waals surface area contributed by atoms with Gasteiger partial charge in [-0.15, -0.1) is 0 Å². The lowest BCUT2D eigenvalue weighted by Crippen LogP contribution is -2.09. The van der Waals surface area contributed by atoms with Crippen molar-refractivity contribution in [3.63, 3.8) is 0 Å². The summed E-state index contributed by atoms with van der Waals surface area (Å²) in [6.07, 6.45) is 6.54. The molecule has 41 heavy (non-hydrogen) atoms. The highest BCUT2D eigenvalue weighted by atomic mass is 16.5. The van der Waals surface area contributed by atoms with Gasteiger partial charge in [-0.3, -0.25) is 0 Å². The second-order valence-corrected chi connectivity index (χ2v) is 9.97. The van der Waals surface area contributed by atoms with Crippen molar-refractivity contribution < 1.29 is 33.7 Å². The van der Waals surface area contributed by atoms with E-state index in [0.29, 0.717) is 36.2 Å². The van der Waals surface area contributed by atoms with Crippen molar-refractivity contribution in [2.24, 2.45) is 5.92 Å². The lowest BCUT2D eigenvalue weighted by atomic mass is 9.91. The van der Waals surface area contributed by atoms with Crippen molar-refractivity contribution in [2.75, 3.05) is 13.2 Å². The molecular weight excluding hydrogens is 520 g/mol. The van der Waals surface area contributed by atoms with Crippen LogP contribution in [0.5, 0.6) is 11.5 Å². The summed E-state index contributed by atoms with van der Waals surface area (Å²) in [6.45, 7) is 8.62. The Morgan fingerprint density at radius 3 is 2.12 bits per heavy atom. The molecule has 0 saturated heterocycles. The maximum absolute atomic E-state index is 12.9. The van der Waals surface area contributed by atoms with Gasteiger partial charge in [-0.1, -0.05) is 45.0 Å². The third-order valence-corrected chi connectivity index (χ3v) is 6.80. The lowest BCUT2D eigenvalue weighted by Gasteiger charge is -2.16. The van der Waals surface area contributed by atoms with Crippen molar-refractivity contribution in [2.45, 2.75) is 52.4 Å². The standard InChI is InChI=1S/C34H38O7/c1-4-24(3)22-28-23-30(18-19-31(28)25-10-12-26(13-11-25)33(36)37)41-34(38)27-14-16-29(17-15-27)39-20-8-6-7-9-21-40-32(35)5-2/h5,10-19,23-24H,2,4,6-9,20-22H2,1,3H3,(H,36,37). The second kappa shape index (κ2) is 16.0. The average molecular weight is 559 g/mol. The molecule has 7 heteroatoms. The fourth-order valence-corrected chi connectivity index (χ4v) is 4.23. The number of esters is 2. The molecule has 0 fully saturated rings. The van der Waals surface area contributed by atoms with E-state index in [1.807, 2.05) is 12.1 Å². The van der Waals surface area contributed by atoms with Gasteiger partial charge in [-0.25, -0.2) is 14.4 Å². The number of carbonyl (C=O) groups excluding carboxylic acids is 2. The van der Waals surface area contributed by atoms with E-state index in [-0.39, 0.29) is 5.56 Å². The Morgan fingerprint density at radius 2 is 1.49 bits per heavy atom. The molecule has 0 spiro atoms. The molecule has 0 aliphatic rings. The van der Waals surface area contributed by atoms with E-state index in [9.17, 15) is 19.5 Å². The van der Waals surface area contributed by atoms with Gasteiger partial charge in [0.15, 0.2) is 0 Å². The molecule has 0 radical (unpaired) electrons. The van der Waals surface area contributed by atoms with Crippen molar-refractivity contribution in [3.05, 3.63) is 96.1 Å². The van der Waals surface area contributed by atoms with E-state index in [1.165, 1.54) is 0 Å². The van der Waals surface area contributed by atoms with Crippen molar-refractivity contribution >= 4 is 17.9 Å². The summed E-state index contributed by atoms with van der Waals surface area (Å²) < 4.78 is 16.4. The number of carboxylic acids is 1. The summed E-state index contributed by atoms with van der Waals surface area (Å²) in [7, 11) is 0. The number of benzene rings is 3. The molecular formula is C34H38O7. The van der Waals surface area contributed by atoms with Crippen LogP contribution in [-0.2, 0) is 16.0 Å². The first-order valence-corrected chi connectivity index (χ1v) is 14.0. The zero-order chi connectivity index (χ0) is 29.6. The van der Waals surface area contributed by atoms with E-state index in [2.05, 4.69) is 20.4 Å². The van der Waals surface area contributed by atoms with Gasteiger partial charge in [0.2, 0.25) is 0 Å². The van der Waals surface area contributed by atoms with Crippen LogP contribution >= 0.6 is 0 Å². The maximum Gasteiger partial charge on any atom is 0.343 e. The first kappa shape index (κ1) is 31.1. The Kier molecular flexibility index (Phi) is 12.2. The van der Waals surface area contributed by atoms with Crippen molar-refractivity contribution in [1.82, 2.24) is 0 Å². The van der Waals surface area contributed by atoms with Crippen LogP contribution in [0, 0.1) is 5.92 Å². The molecule has 0 aliphatic carbocycles. The molecule has 7 nitrogen and oxygen atoms in total. The van der Waals surface area contributed by atoms with Gasteiger partial charge < -0.3 is 19.3 Å². The maximum atomic E-state index is 12.9. The molecule has 1 unspecified atom stereocenters. The van der Waals surface area contributed by atoms with E-state index in [0.717, 1.165) is 61.3 Å². The van der Waals surface area contributed by atoms with Crippen LogP contribution in [-0.4, -0.2) is 36.2 Å². The molecule has 0 aliphatic heterocycles. The van der Waals surface area contributed by atoms with Gasteiger partial charge in [-0.2, -0.15) is 0 Å². The summed E-state index contributed by atoms with van der Waals surface area (Å²) in [5.41, 5.74) is 3.59. The van der Waals surface area contributed by atoms with Crippen LogP contribution in [0.3, 0.4) is 0 Å². The van der Waals surface area contributed by atoms with Gasteiger partial charge in [0.05, 0.1) is 24.3 Å². The number of hydrogen-bond donors (Lipinski definition) is 1. The molecule has 0 bridgehead atoms. The van der Waals surface area contributed by atoms with Crippen LogP contribution in [0.25, 0.3) is 11.1 Å². The first-order valence-electron chi connectivity index (χ1n) is 14.0. The Balaban J connectivity index is 1.56. The van der Waals surface area contributed by atoms with Crippen LogP contribution < -0.4 is 9.47 Å². The fraction of sp³-hybridized carbons (Fsp3) is 0.324. The zero-order valence-electron chi connectivity index (χ0n) is 23.8. The van der Waals surface area contributed by atoms with E-state index in [1.54, 1.807) is 54.6 Å². The highest BCUT2D eigenvalue weighted by Gasteiger charge is 2.14. The quantitative estimate of drug-likeness (QED) is 0.0840. The third-order valence-electron chi connectivity index (χ3n) is 6.80. The first-order chi connectivity index (χ1) is 19.8. The highest BCUT2D eigenvalue weighted by Crippen LogP contribution is 2.31. The predicted octanol–water partition coefficient (Wildman–Crippen LogP) is 7.53. The molecule has 1 atom stereocenters.